The summed E-state index contributed by atoms with van der Waals surface area (Å²) in [5, 5.41) is 0. The van der Waals surface area contributed by atoms with Gasteiger partial charge in [-0.05, 0) is 39.0 Å². The van der Waals surface area contributed by atoms with Gasteiger partial charge in [-0.15, -0.1) is 0 Å². The van der Waals surface area contributed by atoms with E-state index in [-0.39, 0.29) is 11.3 Å². The van der Waals surface area contributed by atoms with E-state index >= 15 is 0 Å². The Morgan fingerprint density at radius 1 is 1.33 bits per heavy atom. The normalized spacial score (nSPS) is 16.8. The van der Waals surface area contributed by atoms with Crippen LogP contribution in [-0.2, 0) is 4.74 Å². The molecular formula is C15H18F2N2O2. The SMILES string of the molecule is CC(C)(C)OC(=O)N1CCC1=Cc1c(F)cc(N)cc1F. The van der Waals surface area contributed by atoms with E-state index in [1.165, 1.54) is 11.0 Å². The fraction of sp³-hybridized carbons (Fsp3) is 0.400. The molecule has 0 aliphatic carbocycles. The number of carbonyl (C=O) groups is 1. The Hall–Kier alpha value is -2.11. The molecule has 1 fully saturated rings. The Bertz CT molecular complexity index is 583. The summed E-state index contributed by atoms with van der Waals surface area (Å²) in [4.78, 5) is 13.3. The molecular weight excluding hydrogens is 278 g/mol. The molecule has 21 heavy (non-hydrogen) atoms. The van der Waals surface area contributed by atoms with E-state index in [2.05, 4.69) is 0 Å². The van der Waals surface area contributed by atoms with Gasteiger partial charge in [-0.25, -0.2) is 13.6 Å². The topological polar surface area (TPSA) is 55.6 Å². The number of nitrogens with two attached hydrogens (primary N) is 1. The summed E-state index contributed by atoms with van der Waals surface area (Å²) in [7, 11) is 0. The van der Waals surface area contributed by atoms with Crippen molar-refractivity contribution in [2.45, 2.75) is 32.8 Å². The van der Waals surface area contributed by atoms with E-state index in [1.807, 2.05) is 0 Å². The highest BCUT2D eigenvalue weighted by atomic mass is 19.1. The highest BCUT2D eigenvalue weighted by Crippen LogP contribution is 2.29. The minimum absolute atomic E-state index is 0.0183. The van der Waals surface area contributed by atoms with Crippen molar-refractivity contribution in [1.29, 1.82) is 0 Å². The first-order valence-corrected chi connectivity index (χ1v) is 6.63. The molecule has 1 heterocycles. The monoisotopic (exact) mass is 296 g/mol. The number of hydrogen-bond donors (Lipinski definition) is 1. The first-order chi connectivity index (χ1) is 9.67. The minimum atomic E-state index is -0.754. The van der Waals surface area contributed by atoms with Crippen LogP contribution in [0.4, 0.5) is 19.3 Å². The van der Waals surface area contributed by atoms with Gasteiger partial charge in [0.25, 0.3) is 0 Å². The molecule has 1 saturated heterocycles. The summed E-state index contributed by atoms with van der Waals surface area (Å²) < 4.78 is 32.7. The molecule has 4 nitrogen and oxygen atoms in total. The molecule has 0 aromatic heterocycles. The fourth-order valence-electron chi connectivity index (χ4n) is 1.94. The fourth-order valence-corrected chi connectivity index (χ4v) is 1.94. The Labute approximate surface area is 122 Å². The standard InChI is InChI=1S/C15H18F2N2O2/c1-15(2,3)21-14(20)19-5-4-10(19)8-11-12(16)6-9(18)7-13(11)17/h6-8H,4-5,18H2,1-3H3. The molecule has 0 spiro atoms. The van der Waals surface area contributed by atoms with E-state index in [1.54, 1.807) is 20.8 Å². The maximum absolute atomic E-state index is 13.7. The lowest BCUT2D eigenvalue weighted by atomic mass is 10.1. The Morgan fingerprint density at radius 2 is 1.90 bits per heavy atom. The molecule has 0 atom stereocenters. The summed E-state index contributed by atoms with van der Waals surface area (Å²) in [5.41, 5.74) is 5.09. The first-order valence-electron chi connectivity index (χ1n) is 6.63. The quantitative estimate of drug-likeness (QED) is 0.807. The zero-order chi connectivity index (χ0) is 15.8. The number of nitrogen functional groups attached to an aromatic ring is 1. The molecule has 0 bridgehead atoms. The van der Waals surface area contributed by atoms with Crippen LogP contribution in [0.15, 0.2) is 17.8 Å². The van der Waals surface area contributed by atoms with Gasteiger partial charge in [0.2, 0.25) is 0 Å². The second-order valence-corrected chi connectivity index (χ2v) is 5.92. The number of carbonyl (C=O) groups excluding carboxylic acids is 1. The molecule has 0 unspecified atom stereocenters. The largest absolute Gasteiger partial charge is 0.443 e. The number of anilines is 1. The van der Waals surface area contributed by atoms with Gasteiger partial charge in [-0.1, -0.05) is 0 Å². The molecule has 2 rings (SSSR count). The van der Waals surface area contributed by atoms with Crippen LogP contribution in [0.3, 0.4) is 0 Å². The minimum Gasteiger partial charge on any atom is -0.443 e. The van der Waals surface area contributed by atoms with Gasteiger partial charge in [-0.2, -0.15) is 0 Å². The first kappa shape index (κ1) is 15.3. The van der Waals surface area contributed by atoms with E-state index in [0.29, 0.717) is 18.7 Å². The van der Waals surface area contributed by atoms with Crippen molar-refractivity contribution in [2.24, 2.45) is 0 Å². The zero-order valence-electron chi connectivity index (χ0n) is 12.2. The van der Waals surface area contributed by atoms with Crippen LogP contribution >= 0.6 is 0 Å². The van der Waals surface area contributed by atoms with Crippen molar-refractivity contribution < 1.29 is 18.3 Å². The lowest BCUT2D eigenvalue weighted by Crippen LogP contribution is -2.43. The summed E-state index contributed by atoms with van der Waals surface area (Å²) in [6, 6.07) is 2.10. The number of likely N-dealkylation sites (tertiary alicyclic amines) is 1. The average Bonchev–Trinajstić information content (AvgIpc) is 2.22. The average molecular weight is 296 g/mol. The molecule has 1 aliphatic heterocycles. The van der Waals surface area contributed by atoms with E-state index in [9.17, 15) is 13.6 Å². The van der Waals surface area contributed by atoms with Crippen molar-refractivity contribution in [2.75, 3.05) is 12.3 Å². The van der Waals surface area contributed by atoms with Gasteiger partial charge in [0.15, 0.2) is 0 Å². The number of amides is 1. The van der Waals surface area contributed by atoms with Crippen LogP contribution in [0.2, 0.25) is 0 Å². The molecule has 1 aromatic rings. The van der Waals surface area contributed by atoms with Gasteiger partial charge >= 0.3 is 6.09 Å². The van der Waals surface area contributed by atoms with Crippen LogP contribution < -0.4 is 5.73 Å². The molecule has 1 amide bonds. The zero-order valence-corrected chi connectivity index (χ0v) is 12.2. The highest BCUT2D eigenvalue weighted by molar-refractivity contribution is 5.74. The van der Waals surface area contributed by atoms with Crippen LogP contribution in [0, 0.1) is 11.6 Å². The third-order valence-electron chi connectivity index (χ3n) is 2.96. The second kappa shape index (κ2) is 5.35. The Balaban J connectivity index is 2.21. The number of rotatable bonds is 1. The van der Waals surface area contributed by atoms with Crippen LogP contribution in [0.25, 0.3) is 6.08 Å². The number of ether oxygens (including phenoxy) is 1. The van der Waals surface area contributed by atoms with E-state index in [4.69, 9.17) is 10.5 Å². The molecule has 2 N–H and O–H groups in total. The van der Waals surface area contributed by atoms with Crippen LogP contribution in [-0.4, -0.2) is 23.1 Å². The molecule has 1 aliphatic rings. The van der Waals surface area contributed by atoms with Crippen molar-refractivity contribution in [3.8, 4) is 0 Å². The van der Waals surface area contributed by atoms with Crippen LogP contribution in [0.1, 0.15) is 32.8 Å². The van der Waals surface area contributed by atoms with Gasteiger partial charge in [0.05, 0.1) is 0 Å². The highest BCUT2D eigenvalue weighted by Gasteiger charge is 2.31. The summed E-state index contributed by atoms with van der Waals surface area (Å²) in [5.74, 6) is -1.51. The predicted octanol–water partition coefficient (Wildman–Crippen LogP) is 3.53. The van der Waals surface area contributed by atoms with Crippen molar-refractivity contribution >= 4 is 17.9 Å². The summed E-state index contributed by atoms with van der Waals surface area (Å²) >= 11 is 0. The summed E-state index contributed by atoms with van der Waals surface area (Å²) in [6.45, 7) is 5.74. The van der Waals surface area contributed by atoms with Crippen molar-refractivity contribution in [1.82, 2.24) is 4.90 Å². The molecule has 6 heteroatoms. The van der Waals surface area contributed by atoms with Gasteiger partial charge in [-0.3, -0.25) is 4.90 Å². The molecule has 0 radical (unpaired) electrons. The maximum Gasteiger partial charge on any atom is 0.414 e. The molecule has 0 saturated carbocycles. The molecule has 1 aromatic carbocycles. The number of benzene rings is 1. The lowest BCUT2D eigenvalue weighted by molar-refractivity contribution is 0.0239. The van der Waals surface area contributed by atoms with E-state index in [0.717, 1.165) is 12.1 Å². The van der Waals surface area contributed by atoms with Crippen LogP contribution in [0.5, 0.6) is 0 Å². The van der Waals surface area contributed by atoms with Gasteiger partial charge in [0.1, 0.15) is 17.2 Å². The predicted molar refractivity (Wildman–Crippen MR) is 76.3 cm³/mol. The number of halogens is 2. The third-order valence-corrected chi connectivity index (χ3v) is 2.96. The number of nitrogens with zero attached hydrogens (tertiary/aromatic N) is 1. The third kappa shape index (κ3) is 3.51. The van der Waals surface area contributed by atoms with Crippen molar-refractivity contribution in [3.63, 3.8) is 0 Å². The van der Waals surface area contributed by atoms with Gasteiger partial charge in [0, 0.05) is 29.9 Å². The van der Waals surface area contributed by atoms with Gasteiger partial charge < -0.3 is 10.5 Å². The summed E-state index contributed by atoms with van der Waals surface area (Å²) in [6.07, 6.45) is 1.36. The lowest BCUT2D eigenvalue weighted by Gasteiger charge is -2.35. The number of hydrogen-bond acceptors (Lipinski definition) is 3. The smallest absolute Gasteiger partial charge is 0.414 e. The van der Waals surface area contributed by atoms with Crippen molar-refractivity contribution in [3.05, 3.63) is 35.0 Å². The second-order valence-electron chi connectivity index (χ2n) is 5.92. The Kier molecular flexibility index (Phi) is 3.89. The Morgan fingerprint density at radius 3 is 2.33 bits per heavy atom. The van der Waals surface area contributed by atoms with E-state index < -0.39 is 23.3 Å². The molecule has 114 valence electrons. The maximum atomic E-state index is 13.7.